The van der Waals surface area contributed by atoms with E-state index in [2.05, 4.69) is 5.92 Å². The van der Waals surface area contributed by atoms with Crippen LogP contribution in [0.1, 0.15) is 13.3 Å². The van der Waals surface area contributed by atoms with Gasteiger partial charge in [0.2, 0.25) is 10.0 Å². The molecule has 0 saturated heterocycles. The van der Waals surface area contributed by atoms with Crippen LogP contribution in [-0.4, -0.2) is 32.9 Å². The number of rotatable bonds is 6. The first-order chi connectivity index (χ1) is 8.97. The standard InChI is InChI=1S/C13H18N2O3S/c1-4-8-15(9-5-2)19(16,17)11-6-7-12(14)13(10-11)18-3/h1,6-7,10H,5,8-9,14H2,2-3H3. The van der Waals surface area contributed by atoms with Gasteiger partial charge < -0.3 is 10.5 Å². The zero-order valence-corrected chi connectivity index (χ0v) is 11.9. The Morgan fingerprint density at radius 1 is 1.47 bits per heavy atom. The Morgan fingerprint density at radius 3 is 2.68 bits per heavy atom. The SMILES string of the molecule is C#CCN(CCC)S(=O)(=O)c1ccc(N)c(OC)c1. The van der Waals surface area contributed by atoms with Gasteiger partial charge in [-0.3, -0.25) is 0 Å². The average molecular weight is 282 g/mol. The summed E-state index contributed by atoms with van der Waals surface area (Å²) in [5, 5.41) is 0. The fourth-order valence-electron chi connectivity index (χ4n) is 1.64. The maximum atomic E-state index is 12.4. The van der Waals surface area contributed by atoms with Gasteiger partial charge in [0.05, 0.1) is 24.2 Å². The van der Waals surface area contributed by atoms with Crippen LogP contribution in [0.2, 0.25) is 0 Å². The van der Waals surface area contributed by atoms with Crippen molar-refractivity contribution in [2.45, 2.75) is 18.2 Å². The summed E-state index contributed by atoms with van der Waals surface area (Å²) in [6.07, 6.45) is 5.90. The number of anilines is 1. The van der Waals surface area contributed by atoms with Crippen LogP contribution in [0.4, 0.5) is 5.69 Å². The number of benzene rings is 1. The Kier molecular flexibility index (Phi) is 5.21. The van der Waals surface area contributed by atoms with Crippen LogP contribution in [-0.2, 0) is 10.0 Å². The largest absolute Gasteiger partial charge is 0.495 e. The fraction of sp³-hybridized carbons (Fsp3) is 0.385. The van der Waals surface area contributed by atoms with Crippen molar-refractivity contribution in [1.29, 1.82) is 0 Å². The molecule has 1 aromatic rings. The number of sulfonamides is 1. The van der Waals surface area contributed by atoms with E-state index in [0.717, 1.165) is 0 Å². The van der Waals surface area contributed by atoms with E-state index in [0.29, 0.717) is 24.4 Å². The highest BCUT2D eigenvalue weighted by molar-refractivity contribution is 7.89. The number of hydrogen-bond donors (Lipinski definition) is 1. The van der Waals surface area contributed by atoms with E-state index >= 15 is 0 Å². The third-order valence-corrected chi connectivity index (χ3v) is 4.42. The Balaban J connectivity index is 3.21. The highest BCUT2D eigenvalue weighted by atomic mass is 32.2. The molecule has 0 unspecified atom stereocenters. The third-order valence-electron chi connectivity index (χ3n) is 2.58. The van der Waals surface area contributed by atoms with Crippen LogP contribution in [0.3, 0.4) is 0 Å². The number of ether oxygens (including phenoxy) is 1. The number of nitrogens with zero attached hydrogens (tertiary/aromatic N) is 1. The molecule has 1 rings (SSSR count). The second-order valence-corrected chi connectivity index (χ2v) is 5.88. The molecule has 5 nitrogen and oxygen atoms in total. The van der Waals surface area contributed by atoms with Crippen molar-refractivity contribution < 1.29 is 13.2 Å². The van der Waals surface area contributed by atoms with Gasteiger partial charge in [-0.2, -0.15) is 4.31 Å². The summed E-state index contributed by atoms with van der Waals surface area (Å²) in [6.45, 7) is 2.31. The Labute approximate surface area is 114 Å². The van der Waals surface area contributed by atoms with Gasteiger partial charge in [0, 0.05) is 12.6 Å². The molecule has 6 heteroatoms. The molecule has 0 atom stereocenters. The van der Waals surface area contributed by atoms with Crippen molar-refractivity contribution in [2.24, 2.45) is 0 Å². The third kappa shape index (κ3) is 3.40. The lowest BCUT2D eigenvalue weighted by atomic mass is 10.3. The number of nitrogens with two attached hydrogens (primary N) is 1. The quantitative estimate of drug-likeness (QED) is 0.631. The lowest BCUT2D eigenvalue weighted by molar-refractivity contribution is 0.414. The second-order valence-electron chi connectivity index (χ2n) is 3.95. The topological polar surface area (TPSA) is 72.6 Å². The summed E-state index contributed by atoms with van der Waals surface area (Å²) in [5.74, 6) is 2.69. The number of hydrogen-bond acceptors (Lipinski definition) is 4. The van der Waals surface area contributed by atoms with E-state index < -0.39 is 10.0 Å². The highest BCUT2D eigenvalue weighted by Crippen LogP contribution is 2.26. The van der Waals surface area contributed by atoms with Crippen molar-refractivity contribution in [2.75, 3.05) is 25.9 Å². The molecule has 2 N–H and O–H groups in total. The molecule has 0 amide bonds. The van der Waals surface area contributed by atoms with E-state index in [1.54, 1.807) is 0 Å². The van der Waals surface area contributed by atoms with E-state index in [-0.39, 0.29) is 11.4 Å². The van der Waals surface area contributed by atoms with Crippen molar-refractivity contribution in [1.82, 2.24) is 4.31 Å². The average Bonchev–Trinajstić information content (AvgIpc) is 2.38. The first-order valence-corrected chi connectivity index (χ1v) is 7.28. The Bertz CT molecular complexity index is 576. The van der Waals surface area contributed by atoms with Crippen LogP contribution in [0, 0.1) is 12.3 Å². The van der Waals surface area contributed by atoms with Gasteiger partial charge in [-0.1, -0.05) is 12.8 Å². The molecule has 0 aliphatic heterocycles. The normalized spacial score (nSPS) is 11.3. The lowest BCUT2D eigenvalue weighted by Gasteiger charge is -2.19. The van der Waals surface area contributed by atoms with Gasteiger partial charge in [-0.15, -0.1) is 6.42 Å². The fourth-order valence-corrected chi connectivity index (χ4v) is 3.10. The van der Waals surface area contributed by atoms with E-state index in [1.807, 2.05) is 6.92 Å². The van der Waals surface area contributed by atoms with Crippen molar-refractivity contribution in [3.63, 3.8) is 0 Å². The molecule has 19 heavy (non-hydrogen) atoms. The maximum absolute atomic E-state index is 12.4. The molecule has 0 spiro atoms. The molecular weight excluding hydrogens is 264 g/mol. The first-order valence-electron chi connectivity index (χ1n) is 5.84. The van der Waals surface area contributed by atoms with Crippen molar-refractivity contribution >= 4 is 15.7 Å². The van der Waals surface area contributed by atoms with Crippen LogP contribution >= 0.6 is 0 Å². The number of methoxy groups -OCH3 is 1. The molecule has 0 radical (unpaired) electrons. The summed E-state index contributed by atoms with van der Waals surface area (Å²) in [7, 11) is -2.18. The van der Waals surface area contributed by atoms with Crippen LogP contribution < -0.4 is 10.5 Å². The maximum Gasteiger partial charge on any atom is 0.244 e. The molecule has 0 aliphatic carbocycles. The zero-order chi connectivity index (χ0) is 14.5. The lowest BCUT2D eigenvalue weighted by Crippen LogP contribution is -2.32. The molecule has 0 aromatic heterocycles. The summed E-state index contributed by atoms with van der Waals surface area (Å²) in [5.41, 5.74) is 6.06. The Morgan fingerprint density at radius 2 is 2.16 bits per heavy atom. The summed E-state index contributed by atoms with van der Waals surface area (Å²) < 4.78 is 31.1. The van der Waals surface area contributed by atoms with Crippen LogP contribution in [0.5, 0.6) is 5.75 Å². The first kappa shape index (κ1) is 15.3. The van der Waals surface area contributed by atoms with Gasteiger partial charge in [0.15, 0.2) is 0 Å². The second kappa shape index (κ2) is 6.45. The molecule has 1 aromatic carbocycles. The van der Waals surface area contributed by atoms with Gasteiger partial charge in [-0.25, -0.2) is 8.42 Å². The number of terminal acetylenes is 1. The zero-order valence-electron chi connectivity index (χ0n) is 11.1. The summed E-state index contributed by atoms with van der Waals surface area (Å²) >= 11 is 0. The van der Waals surface area contributed by atoms with Gasteiger partial charge >= 0.3 is 0 Å². The molecule has 104 valence electrons. The minimum atomic E-state index is -3.62. The van der Waals surface area contributed by atoms with E-state index in [9.17, 15) is 8.42 Å². The van der Waals surface area contributed by atoms with Gasteiger partial charge in [0.1, 0.15) is 5.75 Å². The van der Waals surface area contributed by atoms with E-state index in [1.165, 1.54) is 29.6 Å². The smallest absolute Gasteiger partial charge is 0.244 e. The van der Waals surface area contributed by atoms with Crippen LogP contribution in [0.25, 0.3) is 0 Å². The monoisotopic (exact) mass is 282 g/mol. The van der Waals surface area contributed by atoms with Crippen molar-refractivity contribution in [3.05, 3.63) is 18.2 Å². The minimum Gasteiger partial charge on any atom is -0.495 e. The molecular formula is C13H18N2O3S. The predicted molar refractivity (Wildman–Crippen MR) is 75.3 cm³/mol. The van der Waals surface area contributed by atoms with Crippen LogP contribution in [0.15, 0.2) is 23.1 Å². The summed E-state index contributed by atoms with van der Waals surface area (Å²) in [6, 6.07) is 4.36. The molecule has 0 saturated carbocycles. The minimum absolute atomic E-state index is 0.0445. The predicted octanol–water partition coefficient (Wildman–Crippen LogP) is 1.31. The van der Waals surface area contributed by atoms with Gasteiger partial charge in [0.25, 0.3) is 0 Å². The van der Waals surface area contributed by atoms with Crippen molar-refractivity contribution in [3.8, 4) is 18.1 Å². The summed E-state index contributed by atoms with van der Waals surface area (Å²) in [4.78, 5) is 0.127. The molecule has 0 heterocycles. The molecule has 0 fully saturated rings. The molecule has 0 aliphatic rings. The van der Waals surface area contributed by atoms with E-state index in [4.69, 9.17) is 16.9 Å². The highest BCUT2D eigenvalue weighted by Gasteiger charge is 2.23. The number of nitrogen functional groups attached to an aromatic ring is 1. The molecule has 0 bridgehead atoms. The Hall–Kier alpha value is -1.71. The van der Waals surface area contributed by atoms with Gasteiger partial charge in [-0.05, 0) is 18.6 Å².